The van der Waals surface area contributed by atoms with Gasteiger partial charge in [-0.15, -0.1) is 10.2 Å². The van der Waals surface area contributed by atoms with Crippen LogP contribution < -0.4 is 5.32 Å². The molecule has 2 aromatic carbocycles. The van der Waals surface area contributed by atoms with Crippen molar-refractivity contribution in [1.82, 2.24) is 10.2 Å². The Morgan fingerprint density at radius 2 is 1.80 bits per heavy atom. The van der Waals surface area contributed by atoms with E-state index in [9.17, 15) is 0 Å². The van der Waals surface area contributed by atoms with Crippen LogP contribution in [0.25, 0.3) is 11.1 Å². The van der Waals surface area contributed by atoms with Crippen LogP contribution in [0.2, 0.25) is 5.02 Å². The lowest BCUT2D eigenvalue weighted by atomic mass is 10.0. The largest absolute Gasteiger partial charge is 0.330 e. The molecule has 5 heteroatoms. The Kier molecular flexibility index (Phi) is 3.67. The van der Waals surface area contributed by atoms with Crippen molar-refractivity contribution in [3.05, 3.63) is 58.6 Å². The van der Waals surface area contributed by atoms with Crippen LogP contribution in [0.3, 0.4) is 0 Å². The van der Waals surface area contributed by atoms with Crippen molar-refractivity contribution in [2.45, 2.75) is 6.92 Å². The minimum absolute atomic E-state index is 0.792. The summed E-state index contributed by atoms with van der Waals surface area (Å²) in [7, 11) is 0. The van der Waals surface area contributed by atoms with Crippen LogP contribution in [-0.2, 0) is 0 Å². The van der Waals surface area contributed by atoms with E-state index in [4.69, 9.17) is 11.6 Å². The van der Waals surface area contributed by atoms with Crippen LogP contribution >= 0.6 is 22.9 Å². The van der Waals surface area contributed by atoms with Crippen LogP contribution in [0.1, 0.15) is 5.56 Å². The van der Waals surface area contributed by atoms with E-state index >= 15 is 0 Å². The molecule has 0 aliphatic rings. The van der Waals surface area contributed by atoms with Crippen molar-refractivity contribution in [2.75, 3.05) is 5.32 Å². The van der Waals surface area contributed by atoms with Crippen LogP contribution in [-0.4, -0.2) is 10.2 Å². The van der Waals surface area contributed by atoms with Crippen molar-refractivity contribution >= 4 is 33.8 Å². The maximum atomic E-state index is 6.05. The topological polar surface area (TPSA) is 37.8 Å². The van der Waals surface area contributed by atoms with E-state index in [0.29, 0.717) is 0 Å². The molecule has 0 aliphatic carbocycles. The molecule has 3 nitrogen and oxygen atoms in total. The Morgan fingerprint density at radius 3 is 2.45 bits per heavy atom. The number of aryl methyl sites for hydroxylation is 1. The third-order valence-corrected chi connectivity index (χ3v) is 4.02. The van der Waals surface area contributed by atoms with Gasteiger partial charge in [-0.05, 0) is 47.9 Å². The monoisotopic (exact) mass is 301 g/mol. The fourth-order valence-electron chi connectivity index (χ4n) is 1.92. The highest BCUT2D eigenvalue weighted by Gasteiger charge is 2.02. The first-order chi connectivity index (χ1) is 9.72. The standard InChI is InChI=1S/C15H12ClN3S/c1-10-8-12(4-7-14(10)16)11-2-5-13(6-3-11)18-15-19-17-9-20-15/h2-9H,1H3,(H,18,19). The maximum absolute atomic E-state index is 6.05. The zero-order valence-corrected chi connectivity index (χ0v) is 12.4. The van der Waals surface area contributed by atoms with E-state index in [1.807, 2.05) is 31.2 Å². The number of halogens is 1. The summed E-state index contributed by atoms with van der Waals surface area (Å²) in [6, 6.07) is 14.3. The van der Waals surface area contributed by atoms with E-state index in [2.05, 4.69) is 33.7 Å². The maximum Gasteiger partial charge on any atom is 0.209 e. The highest BCUT2D eigenvalue weighted by atomic mass is 35.5. The number of rotatable bonds is 3. The van der Waals surface area contributed by atoms with Gasteiger partial charge in [-0.3, -0.25) is 0 Å². The van der Waals surface area contributed by atoms with Gasteiger partial charge in [0.1, 0.15) is 5.51 Å². The van der Waals surface area contributed by atoms with Gasteiger partial charge in [-0.2, -0.15) is 0 Å². The van der Waals surface area contributed by atoms with Crippen LogP contribution in [0.15, 0.2) is 48.0 Å². The van der Waals surface area contributed by atoms with Gasteiger partial charge in [0, 0.05) is 10.7 Å². The molecule has 3 aromatic rings. The zero-order valence-electron chi connectivity index (χ0n) is 10.8. The highest BCUT2D eigenvalue weighted by Crippen LogP contribution is 2.26. The first-order valence-electron chi connectivity index (χ1n) is 6.12. The van der Waals surface area contributed by atoms with Gasteiger partial charge in [0.15, 0.2) is 0 Å². The molecule has 0 fully saturated rings. The minimum atomic E-state index is 0.792. The molecule has 0 saturated carbocycles. The molecule has 1 N–H and O–H groups in total. The van der Waals surface area contributed by atoms with Gasteiger partial charge < -0.3 is 5.32 Å². The Bertz CT molecular complexity index is 708. The molecular weight excluding hydrogens is 290 g/mol. The molecule has 0 saturated heterocycles. The van der Waals surface area contributed by atoms with Gasteiger partial charge in [0.2, 0.25) is 5.13 Å². The van der Waals surface area contributed by atoms with Crippen LogP contribution in [0, 0.1) is 6.92 Å². The summed E-state index contributed by atoms with van der Waals surface area (Å²) >= 11 is 7.53. The summed E-state index contributed by atoms with van der Waals surface area (Å²) < 4.78 is 0. The van der Waals surface area contributed by atoms with Gasteiger partial charge >= 0.3 is 0 Å². The average Bonchev–Trinajstić information content (AvgIpc) is 2.96. The van der Waals surface area contributed by atoms with Crippen molar-refractivity contribution in [3.63, 3.8) is 0 Å². The predicted molar refractivity (Wildman–Crippen MR) is 84.8 cm³/mol. The Balaban J connectivity index is 1.83. The Hall–Kier alpha value is -1.91. The van der Waals surface area contributed by atoms with E-state index in [1.165, 1.54) is 11.3 Å². The molecule has 0 unspecified atom stereocenters. The summed E-state index contributed by atoms with van der Waals surface area (Å²) in [5, 5.41) is 12.5. The second kappa shape index (κ2) is 5.61. The van der Waals surface area contributed by atoms with Crippen molar-refractivity contribution in [2.24, 2.45) is 0 Å². The SMILES string of the molecule is Cc1cc(-c2ccc(Nc3nncs3)cc2)ccc1Cl. The zero-order chi connectivity index (χ0) is 13.9. The van der Waals surface area contributed by atoms with Crippen molar-refractivity contribution in [3.8, 4) is 11.1 Å². The molecule has 0 spiro atoms. The summed E-state index contributed by atoms with van der Waals surface area (Å²) in [4.78, 5) is 0. The number of hydrogen-bond acceptors (Lipinski definition) is 4. The molecule has 0 bridgehead atoms. The highest BCUT2D eigenvalue weighted by molar-refractivity contribution is 7.13. The fraction of sp³-hybridized carbons (Fsp3) is 0.0667. The normalized spacial score (nSPS) is 10.5. The molecule has 0 atom stereocenters. The van der Waals surface area contributed by atoms with Gasteiger partial charge in [-0.1, -0.05) is 41.1 Å². The third-order valence-electron chi connectivity index (χ3n) is 2.99. The lowest BCUT2D eigenvalue weighted by Gasteiger charge is -2.06. The van der Waals surface area contributed by atoms with Gasteiger partial charge in [0.05, 0.1) is 0 Å². The Labute approximate surface area is 126 Å². The fourth-order valence-corrected chi connectivity index (χ4v) is 2.50. The van der Waals surface area contributed by atoms with Crippen LogP contribution in [0.5, 0.6) is 0 Å². The molecule has 0 aliphatic heterocycles. The van der Waals surface area contributed by atoms with Crippen LogP contribution in [0.4, 0.5) is 10.8 Å². The first kappa shape index (κ1) is 13.1. The smallest absolute Gasteiger partial charge is 0.209 e. The predicted octanol–water partition coefficient (Wildman–Crippen LogP) is 4.91. The molecule has 0 amide bonds. The average molecular weight is 302 g/mol. The lowest BCUT2D eigenvalue weighted by molar-refractivity contribution is 1.09. The van der Waals surface area contributed by atoms with Gasteiger partial charge in [0.25, 0.3) is 0 Å². The summed E-state index contributed by atoms with van der Waals surface area (Å²) in [5.41, 5.74) is 6.10. The Morgan fingerprint density at radius 1 is 1.05 bits per heavy atom. The van der Waals surface area contributed by atoms with E-state index in [1.54, 1.807) is 5.51 Å². The van der Waals surface area contributed by atoms with Crippen molar-refractivity contribution in [1.29, 1.82) is 0 Å². The number of hydrogen-bond donors (Lipinski definition) is 1. The summed E-state index contributed by atoms with van der Waals surface area (Å²) in [6.07, 6.45) is 0. The van der Waals surface area contributed by atoms with E-state index < -0.39 is 0 Å². The minimum Gasteiger partial charge on any atom is -0.330 e. The lowest BCUT2D eigenvalue weighted by Crippen LogP contribution is -1.89. The second-order valence-electron chi connectivity index (χ2n) is 4.41. The third kappa shape index (κ3) is 2.81. The number of nitrogens with one attached hydrogen (secondary N) is 1. The molecule has 0 radical (unpaired) electrons. The number of benzene rings is 2. The quantitative estimate of drug-likeness (QED) is 0.747. The second-order valence-corrected chi connectivity index (χ2v) is 5.65. The number of nitrogens with zero attached hydrogens (tertiary/aromatic N) is 2. The number of aromatic nitrogens is 2. The molecule has 100 valence electrons. The molecule has 1 aromatic heterocycles. The summed E-state index contributed by atoms with van der Waals surface area (Å²) in [6.45, 7) is 2.01. The summed E-state index contributed by atoms with van der Waals surface area (Å²) in [5.74, 6) is 0. The molecule has 1 heterocycles. The first-order valence-corrected chi connectivity index (χ1v) is 7.38. The molecule has 20 heavy (non-hydrogen) atoms. The molecular formula is C15H12ClN3S. The van der Waals surface area contributed by atoms with E-state index in [-0.39, 0.29) is 0 Å². The molecule has 3 rings (SSSR count). The van der Waals surface area contributed by atoms with Crippen molar-refractivity contribution < 1.29 is 0 Å². The number of anilines is 2. The van der Waals surface area contributed by atoms with Gasteiger partial charge in [-0.25, -0.2) is 0 Å². The van der Waals surface area contributed by atoms with E-state index in [0.717, 1.165) is 32.5 Å².